The zero-order valence-corrected chi connectivity index (χ0v) is 14.7. The van der Waals surface area contributed by atoms with Crippen LogP contribution in [0.15, 0.2) is 16.6 Å². The molecule has 0 amide bonds. The summed E-state index contributed by atoms with van der Waals surface area (Å²) in [7, 11) is 5.52. The van der Waals surface area contributed by atoms with Gasteiger partial charge in [-0.1, -0.05) is 0 Å². The van der Waals surface area contributed by atoms with Gasteiger partial charge >= 0.3 is 0 Å². The van der Waals surface area contributed by atoms with E-state index in [1.807, 2.05) is 6.07 Å². The van der Waals surface area contributed by atoms with E-state index in [1.165, 1.54) is 31.5 Å². The van der Waals surface area contributed by atoms with Gasteiger partial charge in [-0.25, -0.2) is 0 Å². The number of rotatable bonds is 6. The molecule has 1 fully saturated rings. The van der Waals surface area contributed by atoms with Crippen molar-refractivity contribution < 1.29 is 9.47 Å². The fourth-order valence-corrected chi connectivity index (χ4v) is 3.59. The fourth-order valence-electron chi connectivity index (χ4n) is 2.93. The maximum Gasteiger partial charge on any atom is 0.174 e. The smallest absolute Gasteiger partial charge is 0.174 e. The van der Waals surface area contributed by atoms with Crippen LogP contribution < -0.4 is 14.8 Å². The van der Waals surface area contributed by atoms with Gasteiger partial charge in [0.15, 0.2) is 11.5 Å². The summed E-state index contributed by atoms with van der Waals surface area (Å²) >= 11 is 3.54. The first-order chi connectivity index (χ1) is 10.1. The van der Waals surface area contributed by atoms with E-state index >= 15 is 0 Å². The SMILES string of the molecule is COc1cc(CNCC2CCCN(C)C2)cc(Br)c1OC. The van der Waals surface area contributed by atoms with Crippen LogP contribution in [0.4, 0.5) is 0 Å². The summed E-state index contributed by atoms with van der Waals surface area (Å²) in [4.78, 5) is 2.42. The lowest BCUT2D eigenvalue weighted by Crippen LogP contribution is -2.37. The van der Waals surface area contributed by atoms with E-state index in [9.17, 15) is 0 Å². The third kappa shape index (κ3) is 4.59. The first-order valence-corrected chi connectivity index (χ1v) is 8.23. The topological polar surface area (TPSA) is 33.7 Å². The largest absolute Gasteiger partial charge is 0.493 e. The Morgan fingerprint density at radius 3 is 2.81 bits per heavy atom. The molecular formula is C16H25BrN2O2. The van der Waals surface area contributed by atoms with Gasteiger partial charge in [0.1, 0.15) is 0 Å². The van der Waals surface area contributed by atoms with Gasteiger partial charge in [0.25, 0.3) is 0 Å². The summed E-state index contributed by atoms with van der Waals surface area (Å²) in [5, 5.41) is 3.56. The van der Waals surface area contributed by atoms with Crippen molar-refractivity contribution >= 4 is 15.9 Å². The third-order valence-electron chi connectivity index (χ3n) is 3.98. The molecular weight excluding hydrogens is 332 g/mol. The number of hydrogen-bond donors (Lipinski definition) is 1. The summed E-state index contributed by atoms with van der Waals surface area (Å²) in [5.41, 5.74) is 1.20. The summed E-state index contributed by atoms with van der Waals surface area (Å²) in [5.74, 6) is 2.27. The molecule has 0 spiro atoms. The average molecular weight is 357 g/mol. The van der Waals surface area contributed by atoms with Crippen LogP contribution in [-0.4, -0.2) is 45.8 Å². The second kappa shape index (κ2) is 8.01. The molecule has 4 nitrogen and oxygen atoms in total. The minimum atomic E-state index is 0.746. The van der Waals surface area contributed by atoms with E-state index in [4.69, 9.17) is 9.47 Å². The van der Waals surface area contributed by atoms with Crippen molar-refractivity contribution in [2.45, 2.75) is 19.4 Å². The Kier molecular flexibility index (Phi) is 6.33. The molecule has 1 saturated heterocycles. The zero-order valence-electron chi connectivity index (χ0n) is 13.1. The predicted octanol–water partition coefficient (Wildman–Crippen LogP) is 2.90. The van der Waals surface area contributed by atoms with Crippen molar-refractivity contribution in [2.24, 2.45) is 5.92 Å². The summed E-state index contributed by atoms with van der Waals surface area (Å²) in [6, 6.07) is 4.12. The summed E-state index contributed by atoms with van der Waals surface area (Å²) < 4.78 is 11.6. The maximum atomic E-state index is 5.38. The predicted molar refractivity (Wildman–Crippen MR) is 89.2 cm³/mol. The number of ether oxygens (including phenoxy) is 2. The Morgan fingerprint density at radius 1 is 1.33 bits per heavy atom. The zero-order chi connectivity index (χ0) is 15.2. The molecule has 1 unspecified atom stereocenters. The second-order valence-electron chi connectivity index (χ2n) is 5.71. The molecule has 0 aromatic heterocycles. The minimum Gasteiger partial charge on any atom is -0.493 e. The van der Waals surface area contributed by atoms with Crippen molar-refractivity contribution in [2.75, 3.05) is 40.9 Å². The number of nitrogens with zero attached hydrogens (tertiary/aromatic N) is 1. The molecule has 1 heterocycles. The molecule has 1 aromatic carbocycles. The van der Waals surface area contributed by atoms with Crippen LogP contribution in [0.25, 0.3) is 0 Å². The quantitative estimate of drug-likeness (QED) is 0.849. The van der Waals surface area contributed by atoms with Gasteiger partial charge in [0.05, 0.1) is 18.7 Å². The molecule has 2 rings (SSSR count). The summed E-state index contributed by atoms with van der Waals surface area (Å²) in [6.45, 7) is 4.34. The highest BCUT2D eigenvalue weighted by atomic mass is 79.9. The van der Waals surface area contributed by atoms with Crippen molar-refractivity contribution in [1.29, 1.82) is 0 Å². The highest BCUT2D eigenvalue weighted by Crippen LogP contribution is 2.36. The van der Waals surface area contributed by atoms with Gasteiger partial charge in [-0.05, 0) is 72.5 Å². The number of methoxy groups -OCH3 is 2. The lowest BCUT2D eigenvalue weighted by Gasteiger charge is -2.29. The average Bonchev–Trinajstić information content (AvgIpc) is 2.46. The Hall–Kier alpha value is -0.780. The maximum absolute atomic E-state index is 5.38. The van der Waals surface area contributed by atoms with Crippen molar-refractivity contribution in [3.63, 3.8) is 0 Å². The Bertz CT molecular complexity index is 468. The monoisotopic (exact) mass is 356 g/mol. The molecule has 0 bridgehead atoms. The van der Waals surface area contributed by atoms with E-state index in [1.54, 1.807) is 14.2 Å². The number of likely N-dealkylation sites (tertiary alicyclic amines) is 1. The van der Waals surface area contributed by atoms with E-state index in [0.717, 1.165) is 35.0 Å². The van der Waals surface area contributed by atoms with E-state index in [-0.39, 0.29) is 0 Å². The Morgan fingerprint density at radius 2 is 2.14 bits per heavy atom. The molecule has 118 valence electrons. The van der Waals surface area contributed by atoms with Crippen molar-refractivity contribution in [3.8, 4) is 11.5 Å². The van der Waals surface area contributed by atoms with Gasteiger partial charge in [0.2, 0.25) is 0 Å². The van der Waals surface area contributed by atoms with Crippen molar-refractivity contribution in [1.82, 2.24) is 10.2 Å². The van der Waals surface area contributed by atoms with E-state index in [0.29, 0.717) is 0 Å². The van der Waals surface area contributed by atoms with Gasteiger partial charge in [0, 0.05) is 13.1 Å². The Balaban J connectivity index is 1.89. The number of hydrogen-bond acceptors (Lipinski definition) is 4. The van der Waals surface area contributed by atoms with E-state index in [2.05, 4.69) is 39.3 Å². The molecule has 0 saturated carbocycles. The number of benzene rings is 1. The normalized spacial score (nSPS) is 19.5. The highest BCUT2D eigenvalue weighted by Gasteiger charge is 2.16. The molecule has 0 aliphatic carbocycles. The summed E-state index contributed by atoms with van der Waals surface area (Å²) in [6.07, 6.45) is 2.64. The van der Waals surface area contributed by atoms with E-state index < -0.39 is 0 Å². The molecule has 1 aliphatic heterocycles. The van der Waals surface area contributed by atoms with Crippen LogP contribution in [0.5, 0.6) is 11.5 Å². The van der Waals surface area contributed by atoms with Crippen LogP contribution in [-0.2, 0) is 6.54 Å². The van der Waals surface area contributed by atoms with Crippen LogP contribution in [0.3, 0.4) is 0 Å². The van der Waals surface area contributed by atoms with Crippen LogP contribution >= 0.6 is 15.9 Å². The molecule has 1 aliphatic rings. The first-order valence-electron chi connectivity index (χ1n) is 7.43. The van der Waals surface area contributed by atoms with Crippen LogP contribution in [0, 0.1) is 5.92 Å². The lowest BCUT2D eigenvalue weighted by atomic mass is 9.98. The number of piperidine rings is 1. The molecule has 1 aromatic rings. The van der Waals surface area contributed by atoms with Gasteiger partial charge < -0.3 is 19.7 Å². The molecule has 21 heavy (non-hydrogen) atoms. The van der Waals surface area contributed by atoms with Crippen LogP contribution in [0.1, 0.15) is 18.4 Å². The molecule has 1 atom stereocenters. The standard InChI is InChI=1S/C16H25BrN2O2/c1-19-6-4-5-12(11-19)9-18-10-13-7-14(17)16(21-3)15(8-13)20-2/h7-8,12,18H,4-6,9-11H2,1-3H3. The van der Waals surface area contributed by atoms with Gasteiger partial charge in [-0.15, -0.1) is 0 Å². The van der Waals surface area contributed by atoms with Crippen LogP contribution in [0.2, 0.25) is 0 Å². The minimum absolute atomic E-state index is 0.746. The Labute approximate surface area is 135 Å². The highest BCUT2D eigenvalue weighted by molar-refractivity contribution is 9.10. The van der Waals surface area contributed by atoms with Gasteiger partial charge in [-0.3, -0.25) is 0 Å². The number of halogens is 1. The number of nitrogens with one attached hydrogen (secondary N) is 1. The van der Waals surface area contributed by atoms with Gasteiger partial charge in [-0.2, -0.15) is 0 Å². The van der Waals surface area contributed by atoms with Crippen molar-refractivity contribution in [3.05, 3.63) is 22.2 Å². The first kappa shape index (κ1) is 16.6. The molecule has 1 N–H and O–H groups in total. The molecule has 0 radical (unpaired) electrons. The fraction of sp³-hybridized carbons (Fsp3) is 0.625. The lowest BCUT2D eigenvalue weighted by molar-refractivity contribution is 0.206. The molecule has 5 heteroatoms. The second-order valence-corrected chi connectivity index (χ2v) is 6.57. The third-order valence-corrected chi connectivity index (χ3v) is 4.57.